The Morgan fingerprint density at radius 3 is 2.20 bits per heavy atom. The Hall–Kier alpha value is -0.570. The summed E-state index contributed by atoms with van der Waals surface area (Å²) in [5.41, 5.74) is 1.09. The first kappa shape index (κ1) is 15.8. The van der Waals surface area contributed by atoms with E-state index < -0.39 is 0 Å². The molecule has 0 aromatic heterocycles. The van der Waals surface area contributed by atoms with E-state index >= 15 is 0 Å². The molecule has 1 unspecified atom stereocenters. The monoisotopic (exact) mass is 295 g/mol. The largest absolute Gasteiger partial charge is 0.391 e. The van der Waals surface area contributed by atoms with E-state index in [1.165, 1.54) is 12.8 Å². The molecule has 0 saturated carbocycles. The van der Waals surface area contributed by atoms with Gasteiger partial charge in [-0.05, 0) is 56.5 Å². The zero-order valence-electron chi connectivity index (χ0n) is 12.6. The van der Waals surface area contributed by atoms with Crippen molar-refractivity contribution in [2.24, 2.45) is 0 Å². The first-order valence-corrected chi connectivity index (χ1v) is 8.17. The predicted octanol–water partition coefficient (Wildman–Crippen LogP) is 3.90. The molecule has 2 rings (SSSR count). The normalized spacial score (nSPS) is 18.4. The lowest BCUT2D eigenvalue weighted by Gasteiger charge is -2.44. The van der Waals surface area contributed by atoms with E-state index in [-0.39, 0.29) is 11.6 Å². The third-order valence-corrected chi connectivity index (χ3v) is 5.17. The fourth-order valence-corrected chi connectivity index (χ4v) is 3.70. The first-order valence-electron chi connectivity index (χ1n) is 7.80. The van der Waals surface area contributed by atoms with Crippen molar-refractivity contribution in [3.05, 3.63) is 34.9 Å². The lowest BCUT2D eigenvalue weighted by Crippen LogP contribution is -2.55. The minimum atomic E-state index is -0.322. The molecular formula is C17H26ClNO. The second-order valence-corrected chi connectivity index (χ2v) is 6.29. The molecule has 2 nitrogen and oxygen atoms in total. The average Bonchev–Trinajstić information content (AvgIpc) is 2.98. The van der Waals surface area contributed by atoms with Crippen molar-refractivity contribution in [1.82, 2.24) is 4.90 Å². The van der Waals surface area contributed by atoms with Crippen LogP contribution >= 0.6 is 11.6 Å². The number of rotatable bonds is 6. The number of likely N-dealkylation sites (tertiary alicyclic amines) is 1. The second-order valence-electron chi connectivity index (χ2n) is 5.85. The van der Waals surface area contributed by atoms with Gasteiger partial charge in [0.05, 0.1) is 6.10 Å². The summed E-state index contributed by atoms with van der Waals surface area (Å²) >= 11 is 5.93. The molecule has 1 atom stereocenters. The van der Waals surface area contributed by atoms with E-state index in [0.29, 0.717) is 6.42 Å². The number of benzene rings is 1. The maximum Gasteiger partial charge on any atom is 0.0763 e. The highest BCUT2D eigenvalue weighted by atomic mass is 35.5. The van der Waals surface area contributed by atoms with Gasteiger partial charge in [0.15, 0.2) is 0 Å². The van der Waals surface area contributed by atoms with E-state index in [4.69, 9.17) is 11.6 Å². The van der Waals surface area contributed by atoms with Crippen LogP contribution in [0.1, 0.15) is 45.1 Å². The Balaban J connectivity index is 2.13. The number of hydrogen-bond acceptors (Lipinski definition) is 2. The summed E-state index contributed by atoms with van der Waals surface area (Å²) in [5.74, 6) is 0. The molecular weight excluding hydrogens is 270 g/mol. The van der Waals surface area contributed by atoms with Crippen molar-refractivity contribution in [3.8, 4) is 0 Å². The van der Waals surface area contributed by atoms with Crippen molar-refractivity contribution >= 4 is 11.6 Å². The summed E-state index contributed by atoms with van der Waals surface area (Å²) in [7, 11) is 0. The van der Waals surface area contributed by atoms with E-state index in [2.05, 4.69) is 18.7 Å². The van der Waals surface area contributed by atoms with Crippen molar-refractivity contribution in [3.63, 3.8) is 0 Å². The van der Waals surface area contributed by atoms with Gasteiger partial charge in [-0.15, -0.1) is 0 Å². The number of aliphatic hydroxyl groups excluding tert-OH is 1. The van der Waals surface area contributed by atoms with Crippen LogP contribution in [0.2, 0.25) is 5.02 Å². The molecule has 1 heterocycles. The quantitative estimate of drug-likeness (QED) is 0.860. The van der Waals surface area contributed by atoms with Crippen LogP contribution < -0.4 is 0 Å². The Bertz CT molecular complexity index is 408. The molecule has 1 aromatic rings. The van der Waals surface area contributed by atoms with Crippen LogP contribution in [0.4, 0.5) is 0 Å². The molecule has 0 bridgehead atoms. The van der Waals surface area contributed by atoms with Crippen LogP contribution in [-0.2, 0) is 6.42 Å². The Morgan fingerprint density at radius 1 is 1.15 bits per heavy atom. The molecule has 1 aliphatic rings. The topological polar surface area (TPSA) is 23.5 Å². The van der Waals surface area contributed by atoms with Gasteiger partial charge < -0.3 is 5.11 Å². The summed E-state index contributed by atoms with van der Waals surface area (Å²) in [6, 6.07) is 7.84. The van der Waals surface area contributed by atoms with Gasteiger partial charge in [-0.25, -0.2) is 0 Å². The number of aliphatic hydroxyl groups is 1. The van der Waals surface area contributed by atoms with Gasteiger partial charge in [-0.2, -0.15) is 0 Å². The molecule has 0 amide bonds. The van der Waals surface area contributed by atoms with E-state index in [9.17, 15) is 5.11 Å². The van der Waals surface area contributed by atoms with E-state index in [1.54, 1.807) is 0 Å². The Kier molecular flexibility index (Phi) is 5.48. The highest BCUT2D eigenvalue weighted by molar-refractivity contribution is 6.30. The van der Waals surface area contributed by atoms with Crippen LogP contribution in [0.15, 0.2) is 24.3 Å². The maximum atomic E-state index is 10.9. The number of halogens is 1. The third kappa shape index (κ3) is 3.19. The van der Waals surface area contributed by atoms with E-state index in [0.717, 1.165) is 36.5 Å². The smallest absolute Gasteiger partial charge is 0.0763 e. The first-order chi connectivity index (χ1) is 9.62. The van der Waals surface area contributed by atoms with Gasteiger partial charge in [0, 0.05) is 17.0 Å². The van der Waals surface area contributed by atoms with Gasteiger partial charge in [0.1, 0.15) is 0 Å². The van der Waals surface area contributed by atoms with Crippen molar-refractivity contribution in [2.45, 2.75) is 57.6 Å². The van der Waals surface area contributed by atoms with Gasteiger partial charge in [-0.3, -0.25) is 4.90 Å². The summed E-state index contributed by atoms with van der Waals surface area (Å²) < 4.78 is 0. The lowest BCUT2D eigenvalue weighted by molar-refractivity contribution is -0.0269. The van der Waals surface area contributed by atoms with Crippen molar-refractivity contribution in [1.29, 1.82) is 0 Å². The number of hydrogen-bond donors (Lipinski definition) is 1. The van der Waals surface area contributed by atoms with E-state index in [1.807, 2.05) is 24.3 Å². The molecule has 1 saturated heterocycles. The maximum absolute atomic E-state index is 10.9. The highest BCUT2D eigenvalue weighted by Crippen LogP contribution is 2.33. The summed E-state index contributed by atoms with van der Waals surface area (Å²) in [4.78, 5) is 2.51. The molecule has 3 heteroatoms. The fraction of sp³-hybridized carbons (Fsp3) is 0.647. The molecule has 20 heavy (non-hydrogen) atoms. The molecule has 1 N–H and O–H groups in total. The molecule has 0 aliphatic carbocycles. The van der Waals surface area contributed by atoms with Crippen LogP contribution in [-0.4, -0.2) is 34.7 Å². The summed E-state index contributed by atoms with van der Waals surface area (Å²) in [6.45, 7) is 6.65. The van der Waals surface area contributed by atoms with Crippen molar-refractivity contribution < 1.29 is 5.11 Å². The van der Waals surface area contributed by atoms with Gasteiger partial charge >= 0.3 is 0 Å². The zero-order valence-corrected chi connectivity index (χ0v) is 13.4. The third-order valence-electron chi connectivity index (χ3n) is 4.92. The second kappa shape index (κ2) is 6.93. The minimum absolute atomic E-state index is 0.0733. The lowest BCUT2D eigenvalue weighted by atomic mass is 9.82. The molecule has 0 spiro atoms. The van der Waals surface area contributed by atoms with Crippen LogP contribution in [0, 0.1) is 0 Å². The van der Waals surface area contributed by atoms with Gasteiger partial charge in [0.2, 0.25) is 0 Å². The molecule has 1 aromatic carbocycles. The van der Waals surface area contributed by atoms with Crippen LogP contribution in [0.25, 0.3) is 0 Å². The average molecular weight is 296 g/mol. The SMILES string of the molecule is CCC(CC)(C(O)Cc1ccc(Cl)cc1)N1CCCC1. The molecule has 1 fully saturated rings. The minimum Gasteiger partial charge on any atom is -0.391 e. The Labute approximate surface area is 127 Å². The molecule has 0 radical (unpaired) electrons. The zero-order chi connectivity index (χ0) is 14.6. The predicted molar refractivity (Wildman–Crippen MR) is 85.3 cm³/mol. The van der Waals surface area contributed by atoms with Crippen molar-refractivity contribution in [2.75, 3.05) is 13.1 Å². The number of nitrogens with zero attached hydrogens (tertiary/aromatic N) is 1. The van der Waals surface area contributed by atoms with Gasteiger partial charge in [-0.1, -0.05) is 37.6 Å². The van der Waals surface area contributed by atoms with Crippen LogP contribution in [0.3, 0.4) is 0 Å². The van der Waals surface area contributed by atoms with Gasteiger partial charge in [0.25, 0.3) is 0 Å². The fourth-order valence-electron chi connectivity index (χ4n) is 3.58. The standard InChI is InChI=1S/C17H26ClNO/c1-3-17(4-2,19-11-5-6-12-19)16(20)13-14-7-9-15(18)10-8-14/h7-10,16,20H,3-6,11-13H2,1-2H3. The Morgan fingerprint density at radius 2 is 1.70 bits per heavy atom. The summed E-state index contributed by atoms with van der Waals surface area (Å²) in [6.07, 6.45) is 4.90. The molecule has 1 aliphatic heterocycles. The molecule has 112 valence electrons. The highest BCUT2D eigenvalue weighted by Gasteiger charge is 2.41. The van der Waals surface area contributed by atoms with Crippen LogP contribution in [0.5, 0.6) is 0 Å². The summed E-state index contributed by atoms with van der Waals surface area (Å²) in [5, 5.41) is 11.6.